The molecule has 0 saturated heterocycles. The van der Waals surface area contributed by atoms with Gasteiger partial charge in [-0.2, -0.15) is 0 Å². The van der Waals surface area contributed by atoms with Gasteiger partial charge in [0, 0.05) is 13.2 Å². The molecule has 0 atom stereocenters. The molecule has 3 heteroatoms. The van der Waals surface area contributed by atoms with Crippen LogP contribution >= 0.6 is 0 Å². The molecule has 0 aromatic rings. The van der Waals surface area contributed by atoms with Gasteiger partial charge in [0.15, 0.2) is 0 Å². The van der Waals surface area contributed by atoms with Crippen molar-refractivity contribution in [2.24, 2.45) is 0 Å². The topological polar surface area (TPSA) is 18.5 Å². The fourth-order valence-corrected chi connectivity index (χ4v) is 0.407. The van der Waals surface area contributed by atoms with Gasteiger partial charge in [-0.1, -0.05) is 0 Å². The third-order valence-corrected chi connectivity index (χ3v) is 0.780. The van der Waals surface area contributed by atoms with E-state index in [4.69, 9.17) is 9.47 Å². The molecular weight excluding hydrogens is 123 g/mol. The van der Waals surface area contributed by atoms with Crippen LogP contribution < -0.4 is 0 Å². The van der Waals surface area contributed by atoms with Crippen LogP contribution in [0.15, 0.2) is 0 Å². The summed E-state index contributed by atoms with van der Waals surface area (Å²) in [5.41, 5.74) is 2.00. The van der Waals surface area contributed by atoms with Crippen LogP contribution in [0.3, 0.4) is 0 Å². The molecule has 0 rings (SSSR count). The predicted octanol–water partition coefficient (Wildman–Crippen LogP) is 1.26. The first-order chi connectivity index (χ1) is 4.91. The van der Waals surface area contributed by atoms with Gasteiger partial charge in [-0.25, -0.2) is 0 Å². The first-order valence-corrected chi connectivity index (χ1v) is 4.07. The monoisotopic (exact) mass is 140 g/mol. The fraction of sp³-hybridized carbons (Fsp3) is 1.00. The zero-order valence-corrected chi connectivity index (χ0v) is 7.64. The molecule has 0 radical (unpaired) electrons. The van der Waals surface area contributed by atoms with Gasteiger partial charge in [-0.15, -0.1) is 0 Å². The molecule has 0 unspecified atom stereocenters. The maximum atomic E-state index is 5.01. The van der Waals surface area contributed by atoms with Gasteiger partial charge < -0.3 is 9.47 Å². The standard InChI is InChI=1S/C6H14O2.CH3.Li/c1-3-7-5-6-8-4-2;;/h3-6H2,1-2H3;1H3;. The van der Waals surface area contributed by atoms with E-state index in [9.17, 15) is 0 Å². The molecule has 0 N–H and O–H groups in total. The molecule has 0 aromatic carbocycles. The van der Waals surface area contributed by atoms with Gasteiger partial charge in [-0.3, -0.25) is 0 Å². The average molecular weight is 140 g/mol. The van der Waals surface area contributed by atoms with Gasteiger partial charge >= 0.3 is 23.3 Å². The summed E-state index contributed by atoms with van der Waals surface area (Å²) in [5, 5.41) is 0. The molecule has 10 heavy (non-hydrogen) atoms. The maximum absolute atomic E-state index is 5.01. The van der Waals surface area contributed by atoms with Gasteiger partial charge in [-0.05, 0) is 13.8 Å². The Hall–Kier alpha value is 0.517. The first kappa shape index (κ1) is 13.1. The molecule has 0 heterocycles. The van der Waals surface area contributed by atoms with Crippen LogP contribution in [-0.2, 0) is 9.47 Å². The predicted molar refractivity (Wildman–Crippen MR) is 44.6 cm³/mol. The Morgan fingerprint density at radius 1 is 0.900 bits per heavy atom. The summed E-state index contributed by atoms with van der Waals surface area (Å²) < 4.78 is 10.0. The second-order valence-electron chi connectivity index (χ2n) is 1.39. The molecule has 0 aromatic heterocycles. The van der Waals surface area contributed by atoms with Gasteiger partial charge in [0.05, 0.1) is 13.2 Å². The van der Waals surface area contributed by atoms with E-state index in [1.807, 2.05) is 37.2 Å². The van der Waals surface area contributed by atoms with Crippen molar-refractivity contribution >= 4 is 17.7 Å². The molecule has 0 amide bonds. The Balaban J connectivity index is 0. The van der Waals surface area contributed by atoms with Crippen molar-refractivity contribution in [3.05, 3.63) is 0 Å². The van der Waals surface area contributed by atoms with Crippen molar-refractivity contribution in [2.75, 3.05) is 26.4 Å². The zero-order chi connectivity index (χ0) is 8.24. The number of hydrogen-bond donors (Lipinski definition) is 0. The normalized spacial score (nSPS) is 8.50. The summed E-state index contributed by atoms with van der Waals surface area (Å²) in [5.74, 6) is 0. The summed E-state index contributed by atoms with van der Waals surface area (Å²) in [6, 6.07) is 0. The Labute approximate surface area is 73.5 Å². The van der Waals surface area contributed by atoms with Crippen molar-refractivity contribution in [3.63, 3.8) is 0 Å². The van der Waals surface area contributed by atoms with Crippen LogP contribution in [0.4, 0.5) is 0 Å². The van der Waals surface area contributed by atoms with E-state index in [2.05, 4.69) is 0 Å². The summed E-state index contributed by atoms with van der Waals surface area (Å²) >= 11 is 2.00. The van der Waals surface area contributed by atoms with E-state index in [0.717, 1.165) is 26.4 Å². The summed E-state index contributed by atoms with van der Waals surface area (Å²) in [6.07, 6.45) is 0. The molecule has 2 nitrogen and oxygen atoms in total. The van der Waals surface area contributed by atoms with E-state index in [-0.39, 0.29) is 0 Å². The molecule has 0 bridgehead atoms. The van der Waals surface area contributed by atoms with E-state index in [1.165, 1.54) is 0 Å². The molecule has 58 valence electrons. The number of hydrogen-bond acceptors (Lipinski definition) is 2. The van der Waals surface area contributed by atoms with E-state index in [0.29, 0.717) is 0 Å². The Morgan fingerprint density at radius 3 is 1.40 bits per heavy atom. The molecular formula is C7H17LiO2. The molecule has 0 saturated carbocycles. The minimum absolute atomic E-state index is 0.727. The summed E-state index contributed by atoms with van der Waals surface area (Å²) in [6.45, 7) is 6.98. The second-order valence-corrected chi connectivity index (χ2v) is 1.39. The van der Waals surface area contributed by atoms with Crippen LogP contribution in [0.1, 0.15) is 13.8 Å². The third-order valence-electron chi connectivity index (χ3n) is 0.780. The second kappa shape index (κ2) is 16.3. The number of rotatable bonds is 5. The van der Waals surface area contributed by atoms with Crippen LogP contribution in [0, 0.1) is 0 Å². The third kappa shape index (κ3) is 15.8. The molecule has 0 aliphatic carbocycles. The van der Waals surface area contributed by atoms with Crippen molar-refractivity contribution in [2.45, 2.75) is 19.4 Å². The Bertz CT molecular complexity index is 36.6. The molecule has 0 aliphatic rings. The molecule has 0 spiro atoms. The van der Waals surface area contributed by atoms with Crippen LogP contribution in [-0.4, -0.2) is 44.1 Å². The summed E-state index contributed by atoms with van der Waals surface area (Å²) in [7, 11) is 0. The SMILES string of the molecule is CCOCCOCC.[Li][CH3]. The molecule has 0 aliphatic heterocycles. The van der Waals surface area contributed by atoms with Crippen LogP contribution in [0.25, 0.3) is 0 Å². The summed E-state index contributed by atoms with van der Waals surface area (Å²) in [4.78, 5) is 0. The van der Waals surface area contributed by atoms with E-state index >= 15 is 0 Å². The first-order valence-electron chi connectivity index (χ1n) is 4.07. The van der Waals surface area contributed by atoms with Crippen molar-refractivity contribution in [1.29, 1.82) is 0 Å². The minimum atomic E-state index is 0.727. The van der Waals surface area contributed by atoms with Crippen LogP contribution in [0.5, 0.6) is 0 Å². The number of ether oxygens (including phenoxy) is 2. The fourth-order valence-electron chi connectivity index (χ4n) is 0.407. The Morgan fingerprint density at radius 2 is 1.20 bits per heavy atom. The zero-order valence-electron chi connectivity index (χ0n) is 7.64. The van der Waals surface area contributed by atoms with Gasteiger partial charge in [0.1, 0.15) is 0 Å². The van der Waals surface area contributed by atoms with Crippen molar-refractivity contribution < 1.29 is 9.47 Å². The van der Waals surface area contributed by atoms with E-state index < -0.39 is 0 Å². The Kier molecular flexibility index (Phi) is 21.3. The van der Waals surface area contributed by atoms with Gasteiger partial charge in [0.25, 0.3) is 0 Å². The molecule has 0 fully saturated rings. The van der Waals surface area contributed by atoms with Crippen LogP contribution in [0.2, 0.25) is 5.60 Å². The van der Waals surface area contributed by atoms with Crippen molar-refractivity contribution in [3.8, 4) is 0 Å². The van der Waals surface area contributed by atoms with E-state index in [1.54, 1.807) is 0 Å². The quantitative estimate of drug-likeness (QED) is 0.423. The van der Waals surface area contributed by atoms with Gasteiger partial charge in [0.2, 0.25) is 0 Å². The van der Waals surface area contributed by atoms with Crippen molar-refractivity contribution in [1.82, 2.24) is 0 Å². The average Bonchev–Trinajstić information content (AvgIpc) is 2.02.